The van der Waals surface area contributed by atoms with Gasteiger partial charge in [0.15, 0.2) is 0 Å². The van der Waals surface area contributed by atoms with E-state index in [0.717, 1.165) is 24.0 Å². The molecule has 1 aliphatic carbocycles. The third-order valence-corrected chi connectivity index (χ3v) is 7.89. The molecule has 1 aliphatic heterocycles. The van der Waals surface area contributed by atoms with Gasteiger partial charge in [-0.1, -0.05) is 52.1 Å². The number of halogens is 1. The van der Waals surface area contributed by atoms with Crippen molar-refractivity contribution in [2.24, 2.45) is 17.8 Å². The Kier molecular flexibility index (Phi) is 8.10. The molecule has 1 atom stereocenters. The van der Waals surface area contributed by atoms with E-state index in [1.54, 1.807) is 0 Å². The lowest BCUT2D eigenvalue weighted by Gasteiger charge is -2.28. The van der Waals surface area contributed by atoms with Crippen LogP contribution in [0.3, 0.4) is 0 Å². The quantitative estimate of drug-likeness (QED) is 0.389. The van der Waals surface area contributed by atoms with E-state index in [1.165, 1.54) is 86.7 Å². The lowest BCUT2D eigenvalue weighted by Crippen LogP contribution is -2.28. The maximum absolute atomic E-state index is 6.65. The number of aromatic amines is 1. The minimum Gasteiger partial charge on any atom is -0.370 e. The number of benzene rings is 1. The molecule has 0 amide bonds. The number of nitrogens with zero attached hydrogens (tertiary/aromatic N) is 2. The molecule has 1 aromatic carbocycles. The zero-order valence-electron chi connectivity index (χ0n) is 20.8. The van der Waals surface area contributed by atoms with Gasteiger partial charge in [-0.05, 0) is 81.0 Å². The van der Waals surface area contributed by atoms with Crippen LogP contribution in [0.25, 0.3) is 10.9 Å². The summed E-state index contributed by atoms with van der Waals surface area (Å²) in [7, 11) is 0. The van der Waals surface area contributed by atoms with E-state index < -0.39 is 0 Å². The molecule has 178 valence electrons. The van der Waals surface area contributed by atoms with Crippen LogP contribution < -0.4 is 4.90 Å². The number of likely N-dealkylation sites (tertiary alicyclic amines) is 1. The first-order valence-electron chi connectivity index (χ1n) is 13.2. The summed E-state index contributed by atoms with van der Waals surface area (Å²) in [5, 5.41) is 2.13. The highest BCUT2D eigenvalue weighted by Gasteiger charge is 2.30. The summed E-state index contributed by atoms with van der Waals surface area (Å²) in [6.07, 6.45) is 10.7. The Bertz CT molecular complexity index is 853. The van der Waals surface area contributed by atoms with Crippen LogP contribution >= 0.6 is 11.6 Å². The monoisotopic (exact) mass is 457 g/mol. The smallest absolute Gasteiger partial charge is 0.0695 e. The van der Waals surface area contributed by atoms with E-state index in [0.29, 0.717) is 17.9 Å². The fourth-order valence-electron chi connectivity index (χ4n) is 5.74. The van der Waals surface area contributed by atoms with Crippen molar-refractivity contribution in [3.8, 4) is 0 Å². The zero-order valence-corrected chi connectivity index (χ0v) is 21.6. The normalized spacial score (nSPS) is 20.4. The fraction of sp³-hybridized carbons (Fsp3) is 0.714. The van der Waals surface area contributed by atoms with E-state index in [4.69, 9.17) is 11.6 Å². The number of aromatic nitrogens is 1. The van der Waals surface area contributed by atoms with Crippen molar-refractivity contribution in [1.82, 2.24) is 9.88 Å². The van der Waals surface area contributed by atoms with Crippen molar-refractivity contribution < 1.29 is 0 Å². The Hall–Kier alpha value is -1.19. The summed E-state index contributed by atoms with van der Waals surface area (Å²) >= 11 is 6.65. The number of nitrogens with one attached hydrogen (secondary N) is 1. The van der Waals surface area contributed by atoms with Gasteiger partial charge >= 0.3 is 0 Å². The first-order valence-corrected chi connectivity index (χ1v) is 13.6. The van der Waals surface area contributed by atoms with Gasteiger partial charge in [-0.3, -0.25) is 4.90 Å². The van der Waals surface area contributed by atoms with Gasteiger partial charge in [0, 0.05) is 41.8 Å². The van der Waals surface area contributed by atoms with E-state index in [2.05, 4.69) is 60.7 Å². The molecule has 1 saturated carbocycles. The van der Waals surface area contributed by atoms with E-state index in [-0.39, 0.29) is 0 Å². The Morgan fingerprint density at radius 1 is 0.969 bits per heavy atom. The van der Waals surface area contributed by atoms with E-state index >= 15 is 0 Å². The second-order valence-electron chi connectivity index (χ2n) is 11.3. The van der Waals surface area contributed by atoms with E-state index in [1.807, 2.05) is 0 Å². The lowest BCUT2D eigenvalue weighted by atomic mass is 10.1. The third-order valence-electron chi connectivity index (χ3n) is 7.68. The molecule has 2 fully saturated rings. The van der Waals surface area contributed by atoms with Crippen molar-refractivity contribution in [1.29, 1.82) is 0 Å². The van der Waals surface area contributed by atoms with Crippen molar-refractivity contribution in [2.45, 2.75) is 85.1 Å². The molecule has 2 aromatic rings. The van der Waals surface area contributed by atoms with Crippen LogP contribution in [0.1, 0.15) is 90.8 Å². The summed E-state index contributed by atoms with van der Waals surface area (Å²) in [6, 6.07) is 7.27. The topological polar surface area (TPSA) is 22.3 Å². The van der Waals surface area contributed by atoms with Crippen LogP contribution in [0.4, 0.5) is 5.69 Å². The molecule has 0 spiro atoms. The number of H-pyrrole nitrogens is 1. The van der Waals surface area contributed by atoms with Gasteiger partial charge in [0.25, 0.3) is 0 Å². The lowest BCUT2D eigenvalue weighted by molar-refractivity contribution is 0.214. The molecule has 2 heterocycles. The van der Waals surface area contributed by atoms with Crippen molar-refractivity contribution in [2.75, 3.05) is 31.1 Å². The largest absolute Gasteiger partial charge is 0.370 e. The molecule has 0 bridgehead atoms. The molecule has 32 heavy (non-hydrogen) atoms. The van der Waals surface area contributed by atoms with Gasteiger partial charge in [0.1, 0.15) is 0 Å². The summed E-state index contributed by atoms with van der Waals surface area (Å²) in [4.78, 5) is 9.25. The molecule has 4 rings (SSSR count). The third kappa shape index (κ3) is 5.83. The molecule has 0 radical (unpaired) electrons. The average Bonchev–Trinajstić information content (AvgIpc) is 3.48. The number of rotatable bonds is 10. The molecular weight excluding hydrogens is 414 g/mol. The van der Waals surface area contributed by atoms with Gasteiger partial charge in [0.2, 0.25) is 0 Å². The highest BCUT2D eigenvalue weighted by atomic mass is 35.5. The van der Waals surface area contributed by atoms with Crippen LogP contribution in [0.15, 0.2) is 18.2 Å². The van der Waals surface area contributed by atoms with Crippen LogP contribution in [0.2, 0.25) is 5.02 Å². The van der Waals surface area contributed by atoms with Gasteiger partial charge in [-0.15, -0.1) is 0 Å². The van der Waals surface area contributed by atoms with Gasteiger partial charge in [0.05, 0.1) is 11.2 Å². The number of hydrogen-bond donors (Lipinski definition) is 1. The second kappa shape index (κ2) is 10.8. The summed E-state index contributed by atoms with van der Waals surface area (Å²) in [6.45, 7) is 14.0. The predicted octanol–water partition coefficient (Wildman–Crippen LogP) is 8.05. The molecule has 1 saturated heterocycles. The molecular formula is C28H44ClN3. The van der Waals surface area contributed by atoms with Crippen LogP contribution in [-0.4, -0.2) is 36.1 Å². The molecule has 2 aliphatic rings. The van der Waals surface area contributed by atoms with Gasteiger partial charge < -0.3 is 9.88 Å². The maximum Gasteiger partial charge on any atom is 0.0695 e. The molecule has 0 unspecified atom stereocenters. The van der Waals surface area contributed by atoms with Gasteiger partial charge in [-0.25, -0.2) is 0 Å². The Balaban J connectivity index is 1.61. The minimum absolute atomic E-state index is 0.536. The molecule has 3 nitrogen and oxygen atoms in total. The molecule has 4 heteroatoms. The highest BCUT2D eigenvalue weighted by molar-refractivity contribution is 6.32. The van der Waals surface area contributed by atoms with Crippen molar-refractivity contribution in [3.05, 3.63) is 28.9 Å². The maximum atomic E-state index is 6.65. The summed E-state index contributed by atoms with van der Waals surface area (Å²) < 4.78 is 0. The fourth-order valence-corrected chi connectivity index (χ4v) is 5.96. The summed E-state index contributed by atoms with van der Waals surface area (Å²) in [5.74, 6) is 2.31. The first-order chi connectivity index (χ1) is 15.4. The molecule has 1 N–H and O–H groups in total. The highest BCUT2D eigenvalue weighted by Crippen LogP contribution is 2.39. The Morgan fingerprint density at radius 2 is 1.66 bits per heavy atom. The standard InChI is InChI=1S/C28H44ClN3/c1-20(2)11-14-31(15-12-21(3)4)27-18-24(29)16-23-17-25(30-28(23)27)26-10-7-13-32(26)19-22-8-5-6-9-22/h16-18,20-22,26,30H,5-15,19H2,1-4H3/t26-/m0/s1. The number of hydrogen-bond acceptors (Lipinski definition) is 2. The van der Waals surface area contributed by atoms with Crippen LogP contribution in [0.5, 0.6) is 0 Å². The SMILES string of the molecule is CC(C)CCN(CCC(C)C)c1cc(Cl)cc2cc([C@@H]3CCCN3CC3CCCC3)[nH]c12. The van der Waals surface area contributed by atoms with Crippen molar-refractivity contribution >= 4 is 28.2 Å². The molecule has 1 aromatic heterocycles. The van der Waals surface area contributed by atoms with E-state index in [9.17, 15) is 0 Å². The Labute approximate surface area is 200 Å². The summed E-state index contributed by atoms with van der Waals surface area (Å²) in [5.41, 5.74) is 3.97. The predicted molar refractivity (Wildman–Crippen MR) is 140 cm³/mol. The number of fused-ring (bicyclic) bond motifs is 1. The average molecular weight is 458 g/mol. The first kappa shape index (κ1) is 24.0. The van der Waals surface area contributed by atoms with Crippen LogP contribution in [0, 0.1) is 17.8 Å². The Morgan fingerprint density at radius 3 is 2.31 bits per heavy atom. The minimum atomic E-state index is 0.536. The zero-order chi connectivity index (χ0) is 22.7. The van der Waals surface area contributed by atoms with Gasteiger partial charge in [-0.2, -0.15) is 0 Å². The van der Waals surface area contributed by atoms with Crippen molar-refractivity contribution in [3.63, 3.8) is 0 Å². The number of anilines is 1. The second-order valence-corrected chi connectivity index (χ2v) is 11.7. The van der Waals surface area contributed by atoms with Crippen LogP contribution in [-0.2, 0) is 0 Å².